The van der Waals surface area contributed by atoms with Crippen LogP contribution in [0.2, 0.25) is 0 Å². The summed E-state index contributed by atoms with van der Waals surface area (Å²) in [5.41, 5.74) is 0. The molecule has 0 saturated heterocycles. The van der Waals surface area contributed by atoms with Gasteiger partial charge in [0.25, 0.3) is 0 Å². The van der Waals surface area contributed by atoms with Crippen molar-refractivity contribution in [2.24, 2.45) is 0 Å². The van der Waals surface area contributed by atoms with E-state index >= 15 is 0 Å². The maximum atomic E-state index is 9.44. The Morgan fingerprint density at radius 3 is 2.59 bits per heavy atom. The van der Waals surface area contributed by atoms with Crippen molar-refractivity contribution in [3.05, 3.63) is 0 Å². The second kappa shape index (κ2) is 6.61. The zero-order valence-electron chi connectivity index (χ0n) is 10.5. The van der Waals surface area contributed by atoms with Gasteiger partial charge in [-0.05, 0) is 13.8 Å². The van der Waals surface area contributed by atoms with Crippen molar-refractivity contribution in [3.8, 4) is 6.01 Å². The number of hydrogen-bond donors (Lipinski definition) is 2. The quantitative estimate of drug-likeness (QED) is 0.741. The van der Waals surface area contributed by atoms with E-state index in [2.05, 4.69) is 20.3 Å². The first-order valence-corrected chi connectivity index (χ1v) is 6.36. The van der Waals surface area contributed by atoms with E-state index < -0.39 is 6.10 Å². The smallest absolute Gasteiger partial charge is 0.322 e. The third-order valence-corrected chi connectivity index (χ3v) is 3.22. The van der Waals surface area contributed by atoms with Gasteiger partial charge < -0.3 is 15.2 Å². The van der Waals surface area contributed by atoms with Gasteiger partial charge >= 0.3 is 6.01 Å². The number of aromatic nitrogens is 3. The van der Waals surface area contributed by atoms with Gasteiger partial charge in [-0.25, -0.2) is 0 Å². The summed E-state index contributed by atoms with van der Waals surface area (Å²) >= 11 is 1.39. The Labute approximate surface area is 105 Å². The molecule has 1 rings (SSSR count). The van der Waals surface area contributed by atoms with E-state index in [0.29, 0.717) is 23.7 Å². The van der Waals surface area contributed by atoms with Crippen molar-refractivity contribution in [2.75, 3.05) is 19.0 Å². The summed E-state index contributed by atoms with van der Waals surface area (Å²) < 4.78 is 5.25. The van der Waals surface area contributed by atoms with Gasteiger partial charge in [-0.2, -0.15) is 15.0 Å². The Balaban J connectivity index is 2.86. The third-order valence-electron chi connectivity index (χ3n) is 2.06. The highest BCUT2D eigenvalue weighted by Gasteiger charge is 2.14. The van der Waals surface area contributed by atoms with Gasteiger partial charge in [-0.15, -0.1) is 0 Å². The van der Waals surface area contributed by atoms with E-state index in [1.807, 2.05) is 13.8 Å². The number of nitrogens with zero attached hydrogens (tertiary/aromatic N) is 3. The number of thioether (sulfide) groups is 1. The summed E-state index contributed by atoms with van der Waals surface area (Å²) in [5, 5.41) is 12.8. The molecule has 0 spiro atoms. The van der Waals surface area contributed by atoms with Crippen LogP contribution in [-0.2, 0) is 0 Å². The van der Waals surface area contributed by atoms with Crippen molar-refractivity contribution < 1.29 is 9.84 Å². The van der Waals surface area contributed by atoms with Gasteiger partial charge in [0, 0.05) is 12.3 Å². The highest BCUT2D eigenvalue weighted by atomic mass is 32.2. The molecule has 0 aliphatic heterocycles. The van der Waals surface area contributed by atoms with Gasteiger partial charge in [0.15, 0.2) is 5.16 Å². The Morgan fingerprint density at radius 1 is 1.35 bits per heavy atom. The number of rotatable bonds is 6. The first-order valence-electron chi connectivity index (χ1n) is 5.48. The van der Waals surface area contributed by atoms with E-state index in [1.165, 1.54) is 11.8 Å². The fourth-order valence-corrected chi connectivity index (χ4v) is 1.76. The number of anilines is 1. The SMILES string of the molecule is CCOc1nc(NC)nc(SC(C)C(C)O)n1. The van der Waals surface area contributed by atoms with Gasteiger partial charge in [-0.3, -0.25) is 0 Å². The Kier molecular flexibility index (Phi) is 5.43. The molecule has 96 valence electrons. The highest BCUT2D eigenvalue weighted by Crippen LogP contribution is 2.23. The normalized spacial score (nSPS) is 14.2. The van der Waals surface area contributed by atoms with E-state index in [0.717, 1.165) is 0 Å². The second-order valence-corrected chi connectivity index (χ2v) is 4.82. The molecule has 0 bridgehead atoms. The molecule has 1 heterocycles. The summed E-state index contributed by atoms with van der Waals surface area (Å²) in [6.45, 7) is 6.02. The molecule has 0 radical (unpaired) electrons. The molecular formula is C10H18N4O2S. The van der Waals surface area contributed by atoms with Crippen LogP contribution in [0.3, 0.4) is 0 Å². The van der Waals surface area contributed by atoms with Crippen LogP contribution in [0.15, 0.2) is 5.16 Å². The van der Waals surface area contributed by atoms with Gasteiger partial charge in [-0.1, -0.05) is 18.7 Å². The second-order valence-electron chi connectivity index (χ2n) is 3.47. The van der Waals surface area contributed by atoms with E-state index in [9.17, 15) is 5.11 Å². The lowest BCUT2D eigenvalue weighted by atomic mass is 10.3. The number of aliphatic hydroxyl groups is 1. The molecule has 1 aromatic rings. The van der Waals surface area contributed by atoms with Crippen LogP contribution in [0.4, 0.5) is 5.95 Å². The molecule has 0 amide bonds. The maximum absolute atomic E-state index is 9.44. The zero-order valence-corrected chi connectivity index (χ0v) is 11.3. The molecule has 0 saturated carbocycles. The molecular weight excluding hydrogens is 240 g/mol. The lowest BCUT2D eigenvalue weighted by Gasteiger charge is -2.13. The monoisotopic (exact) mass is 258 g/mol. The maximum Gasteiger partial charge on any atom is 0.322 e. The number of ether oxygens (including phenoxy) is 1. The van der Waals surface area contributed by atoms with Gasteiger partial charge in [0.05, 0.1) is 12.7 Å². The summed E-state index contributed by atoms with van der Waals surface area (Å²) in [4.78, 5) is 12.4. The van der Waals surface area contributed by atoms with Crippen LogP contribution >= 0.6 is 11.8 Å². The average molecular weight is 258 g/mol. The van der Waals surface area contributed by atoms with Crippen molar-refractivity contribution >= 4 is 17.7 Å². The van der Waals surface area contributed by atoms with Gasteiger partial charge in [0.1, 0.15) is 0 Å². The lowest BCUT2D eigenvalue weighted by Crippen LogP contribution is -2.16. The standard InChI is InChI=1S/C10H18N4O2S/c1-5-16-9-12-8(11-4)13-10(14-9)17-7(3)6(2)15/h6-7,15H,5H2,1-4H3,(H,11,12,13,14). The molecule has 0 aliphatic rings. The predicted octanol–water partition coefficient (Wildman–Crippen LogP) is 1.17. The van der Waals surface area contributed by atoms with Crippen molar-refractivity contribution in [1.82, 2.24) is 15.0 Å². The van der Waals surface area contributed by atoms with Crippen LogP contribution < -0.4 is 10.1 Å². The highest BCUT2D eigenvalue weighted by molar-refractivity contribution is 7.99. The Morgan fingerprint density at radius 2 is 2.06 bits per heavy atom. The van der Waals surface area contributed by atoms with Crippen molar-refractivity contribution in [1.29, 1.82) is 0 Å². The average Bonchev–Trinajstić information content (AvgIpc) is 2.28. The first-order chi connectivity index (χ1) is 8.06. The Hall–Kier alpha value is -1.08. The summed E-state index contributed by atoms with van der Waals surface area (Å²) in [6, 6.07) is 0.298. The molecule has 0 fully saturated rings. The minimum Gasteiger partial charge on any atom is -0.464 e. The molecule has 2 unspecified atom stereocenters. The van der Waals surface area contributed by atoms with Gasteiger partial charge in [0.2, 0.25) is 5.95 Å². The third kappa shape index (κ3) is 4.35. The van der Waals surface area contributed by atoms with E-state index in [-0.39, 0.29) is 5.25 Å². The predicted molar refractivity (Wildman–Crippen MR) is 67.5 cm³/mol. The fourth-order valence-electron chi connectivity index (χ4n) is 0.961. The van der Waals surface area contributed by atoms with Crippen LogP contribution in [-0.4, -0.2) is 45.1 Å². The summed E-state index contributed by atoms with van der Waals surface area (Å²) in [7, 11) is 1.73. The number of nitrogens with one attached hydrogen (secondary N) is 1. The lowest BCUT2D eigenvalue weighted by molar-refractivity contribution is 0.196. The molecule has 2 N–H and O–H groups in total. The summed E-state index contributed by atoms with van der Waals surface area (Å²) in [5.74, 6) is 0.462. The molecule has 0 aromatic carbocycles. The topological polar surface area (TPSA) is 80.2 Å². The van der Waals surface area contributed by atoms with Crippen LogP contribution in [0.1, 0.15) is 20.8 Å². The summed E-state index contributed by atoms with van der Waals surface area (Å²) in [6.07, 6.45) is -0.426. The van der Waals surface area contributed by atoms with Crippen LogP contribution in [0.5, 0.6) is 6.01 Å². The van der Waals surface area contributed by atoms with Crippen LogP contribution in [0.25, 0.3) is 0 Å². The number of hydrogen-bond acceptors (Lipinski definition) is 7. The minimum atomic E-state index is -0.426. The molecule has 1 aromatic heterocycles. The molecule has 7 heteroatoms. The molecule has 6 nitrogen and oxygen atoms in total. The van der Waals surface area contributed by atoms with E-state index in [4.69, 9.17) is 4.74 Å². The minimum absolute atomic E-state index is 0.0107. The van der Waals surface area contributed by atoms with E-state index in [1.54, 1.807) is 14.0 Å². The van der Waals surface area contributed by atoms with Crippen molar-refractivity contribution in [2.45, 2.75) is 37.3 Å². The van der Waals surface area contributed by atoms with Crippen LogP contribution in [0, 0.1) is 0 Å². The molecule has 0 aliphatic carbocycles. The number of aliphatic hydroxyl groups excluding tert-OH is 1. The zero-order chi connectivity index (χ0) is 12.8. The van der Waals surface area contributed by atoms with Crippen molar-refractivity contribution in [3.63, 3.8) is 0 Å². The Bertz CT molecular complexity index is 362. The molecule has 2 atom stereocenters. The largest absolute Gasteiger partial charge is 0.464 e. The fraction of sp³-hybridized carbons (Fsp3) is 0.700. The molecule has 17 heavy (non-hydrogen) atoms. The first kappa shape index (κ1) is 14.0.